The minimum atomic E-state index is -1.09. The van der Waals surface area contributed by atoms with Crippen LogP contribution in [-0.4, -0.2) is 20.7 Å². The molecule has 0 saturated heterocycles. The van der Waals surface area contributed by atoms with Gasteiger partial charge in [0.1, 0.15) is 0 Å². The molecule has 0 saturated carbocycles. The lowest BCUT2D eigenvalue weighted by Gasteiger charge is -2.18. The van der Waals surface area contributed by atoms with Gasteiger partial charge in [-0.25, -0.2) is 0 Å². The van der Waals surface area contributed by atoms with Gasteiger partial charge in [0.25, 0.3) is 0 Å². The van der Waals surface area contributed by atoms with Crippen LogP contribution in [-0.2, 0) is 10.8 Å². The van der Waals surface area contributed by atoms with Gasteiger partial charge in [-0.3, -0.25) is 4.21 Å². The molecule has 0 heterocycles. The van der Waals surface area contributed by atoms with E-state index in [4.69, 9.17) is 11.6 Å². The Hall–Kier alpha value is -0.640. The summed E-state index contributed by atoms with van der Waals surface area (Å²) in [5, 5.41) is 10.4. The van der Waals surface area contributed by atoms with Crippen LogP contribution < -0.4 is 0 Å². The molecule has 1 N–H and O–H groups in total. The summed E-state index contributed by atoms with van der Waals surface area (Å²) in [5.74, 6) is 0.400. The fourth-order valence-electron chi connectivity index (χ4n) is 1.13. The average Bonchev–Trinajstić information content (AvgIpc) is 2.25. The molecule has 1 aromatic carbocycles. The summed E-state index contributed by atoms with van der Waals surface area (Å²) in [6.45, 7) is 5.26. The van der Waals surface area contributed by atoms with Crippen molar-refractivity contribution in [3.05, 3.63) is 40.9 Å². The van der Waals surface area contributed by atoms with Gasteiger partial charge in [-0.15, -0.1) is 0 Å². The van der Waals surface area contributed by atoms with Crippen molar-refractivity contribution in [3.63, 3.8) is 0 Å². The van der Waals surface area contributed by atoms with E-state index in [0.717, 1.165) is 10.5 Å². The first-order chi connectivity index (χ1) is 7.80. The van der Waals surface area contributed by atoms with Gasteiger partial charge in [-0.1, -0.05) is 17.7 Å². The first kappa shape index (κ1) is 14.4. The average molecular weight is 273 g/mol. The van der Waals surface area contributed by atoms with E-state index in [1.165, 1.54) is 0 Å². The Morgan fingerprint density at radius 1 is 1.41 bits per heavy atom. The van der Waals surface area contributed by atoms with Gasteiger partial charge in [0, 0.05) is 15.7 Å². The van der Waals surface area contributed by atoms with Crippen molar-refractivity contribution in [3.8, 4) is 0 Å². The van der Waals surface area contributed by atoms with Crippen LogP contribution in [0.4, 0.5) is 0 Å². The maximum Gasteiger partial charge on any atom is 0.0798 e. The van der Waals surface area contributed by atoms with Crippen molar-refractivity contribution < 1.29 is 9.32 Å². The molecule has 0 radical (unpaired) electrons. The van der Waals surface area contributed by atoms with Crippen molar-refractivity contribution in [2.24, 2.45) is 0 Å². The quantitative estimate of drug-likeness (QED) is 0.855. The zero-order valence-electron chi connectivity index (χ0n) is 10.2. The predicted octanol–water partition coefficient (Wildman–Crippen LogP) is 3.16. The zero-order valence-corrected chi connectivity index (χ0v) is 11.8. The van der Waals surface area contributed by atoms with Crippen molar-refractivity contribution in [2.75, 3.05) is 5.75 Å². The molecule has 0 aromatic heterocycles. The lowest BCUT2D eigenvalue weighted by molar-refractivity contribution is 0.120. The SMILES string of the molecule is C/C(=C\CS(=O)c1ccc(Cl)cc1)C(C)(C)O. The van der Waals surface area contributed by atoms with E-state index >= 15 is 0 Å². The Morgan fingerprint density at radius 2 is 1.94 bits per heavy atom. The highest BCUT2D eigenvalue weighted by molar-refractivity contribution is 7.85. The summed E-state index contributed by atoms with van der Waals surface area (Å²) < 4.78 is 11.9. The molecule has 17 heavy (non-hydrogen) atoms. The molecule has 0 aliphatic carbocycles. The van der Waals surface area contributed by atoms with Gasteiger partial charge in [-0.2, -0.15) is 0 Å². The molecular formula is C13H17ClO2S. The van der Waals surface area contributed by atoms with Crippen molar-refractivity contribution >= 4 is 22.4 Å². The molecule has 1 atom stereocenters. The van der Waals surface area contributed by atoms with E-state index < -0.39 is 16.4 Å². The Kier molecular flexibility index (Phi) is 4.92. The molecule has 1 unspecified atom stereocenters. The number of aliphatic hydroxyl groups is 1. The fraction of sp³-hybridized carbons (Fsp3) is 0.385. The number of hydrogen-bond donors (Lipinski definition) is 1. The van der Waals surface area contributed by atoms with Crippen LogP contribution in [0.3, 0.4) is 0 Å². The minimum Gasteiger partial charge on any atom is -0.386 e. The standard InChI is InChI=1S/C13H17ClO2S/c1-10(13(2,3)15)8-9-17(16)12-6-4-11(14)5-7-12/h4-8,15H,9H2,1-3H3/b10-8+. The van der Waals surface area contributed by atoms with E-state index in [1.807, 2.05) is 13.0 Å². The van der Waals surface area contributed by atoms with Crippen molar-refractivity contribution in [1.29, 1.82) is 0 Å². The first-order valence-corrected chi connectivity index (χ1v) is 7.04. The Labute approximate surface area is 110 Å². The van der Waals surface area contributed by atoms with Crippen molar-refractivity contribution in [2.45, 2.75) is 31.3 Å². The second-order valence-electron chi connectivity index (χ2n) is 4.41. The third-order valence-corrected chi connectivity index (χ3v) is 4.10. The van der Waals surface area contributed by atoms with Gasteiger partial charge in [0.15, 0.2) is 0 Å². The summed E-state index contributed by atoms with van der Waals surface area (Å²) in [4.78, 5) is 0.745. The number of rotatable bonds is 4. The molecule has 1 rings (SSSR count). The highest BCUT2D eigenvalue weighted by atomic mass is 35.5. The van der Waals surface area contributed by atoms with Gasteiger partial charge >= 0.3 is 0 Å². The monoisotopic (exact) mass is 272 g/mol. The smallest absolute Gasteiger partial charge is 0.0798 e. The van der Waals surface area contributed by atoms with Gasteiger partial charge in [-0.05, 0) is 50.6 Å². The third-order valence-electron chi connectivity index (χ3n) is 2.58. The second kappa shape index (κ2) is 5.80. The van der Waals surface area contributed by atoms with E-state index in [2.05, 4.69) is 0 Å². The van der Waals surface area contributed by atoms with Crippen LogP contribution in [0.15, 0.2) is 40.8 Å². The molecule has 0 spiro atoms. The summed E-state index contributed by atoms with van der Waals surface area (Å²) in [5.41, 5.74) is -0.0377. The second-order valence-corrected chi connectivity index (χ2v) is 6.34. The number of benzene rings is 1. The van der Waals surface area contributed by atoms with E-state index in [0.29, 0.717) is 10.8 Å². The molecule has 2 nitrogen and oxygen atoms in total. The van der Waals surface area contributed by atoms with Crippen LogP contribution in [0.2, 0.25) is 5.02 Å². The molecule has 0 fully saturated rings. The predicted molar refractivity (Wildman–Crippen MR) is 72.8 cm³/mol. The number of halogens is 1. The van der Waals surface area contributed by atoms with Gasteiger partial charge in [0.05, 0.1) is 16.4 Å². The van der Waals surface area contributed by atoms with Crippen molar-refractivity contribution in [1.82, 2.24) is 0 Å². The van der Waals surface area contributed by atoms with Crippen LogP contribution in [0.1, 0.15) is 20.8 Å². The topological polar surface area (TPSA) is 37.3 Å². The third kappa shape index (κ3) is 4.62. The fourth-order valence-corrected chi connectivity index (χ4v) is 2.29. The normalized spacial score (nSPS) is 14.8. The summed E-state index contributed by atoms with van der Waals surface area (Å²) >= 11 is 5.76. The molecule has 0 aliphatic heterocycles. The molecule has 0 amide bonds. The molecule has 4 heteroatoms. The lowest BCUT2D eigenvalue weighted by atomic mass is 10.0. The number of hydrogen-bond acceptors (Lipinski definition) is 2. The van der Waals surface area contributed by atoms with E-state index in [1.54, 1.807) is 38.1 Å². The molecule has 1 aromatic rings. The Bertz CT molecular complexity index is 430. The highest BCUT2D eigenvalue weighted by Crippen LogP contribution is 2.16. The molecule has 94 valence electrons. The van der Waals surface area contributed by atoms with Crippen LogP contribution in [0.25, 0.3) is 0 Å². The summed E-state index contributed by atoms with van der Waals surface area (Å²) in [6, 6.07) is 6.96. The minimum absolute atomic E-state index is 0.400. The summed E-state index contributed by atoms with van der Waals surface area (Å²) in [6.07, 6.45) is 1.81. The summed E-state index contributed by atoms with van der Waals surface area (Å²) in [7, 11) is -1.09. The Morgan fingerprint density at radius 3 is 2.41 bits per heavy atom. The maximum atomic E-state index is 11.9. The van der Waals surface area contributed by atoms with Crippen LogP contribution >= 0.6 is 11.6 Å². The lowest BCUT2D eigenvalue weighted by Crippen LogP contribution is -2.20. The molecular weight excluding hydrogens is 256 g/mol. The Balaban J connectivity index is 2.71. The maximum absolute atomic E-state index is 11.9. The largest absolute Gasteiger partial charge is 0.386 e. The van der Waals surface area contributed by atoms with Crippen LogP contribution in [0.5, 0.6) is 0 Å². The van der Waals surface area contributed by atoms with Gasteiger partial charge < -0.3 is 5.11 Å². The highest BCUT2D eigenvalue weighted by Gasteiger charge is 2.14. The van der Waals surface area contributed by atoms with E-state index in [9.17, 15) is 9.32 Å². The van der Waals surface area contributed by atoms with Gasteiger partial charge in [0.2, 0.25) is 0 Å². The molecule has 0 bridgehead atoms. The zero-order chi connectivity index (χ0) is 13.1. The van der Waals surface area contributed by atoms with E-state index in [-0.39, 0.29) is 0 Å². The van der Waals surface area contributed by atoms with Crippen LogP contribution in [0, 0.1) is 0 Å². The molecule has 0 aliphatic rings. The first-order valence-electron chi connectivity index (χ1n) is 5.34.